The van der Waals surface area contributed by atoms with E-state index in [0.29, 0.717) is 30.9 Å². The average Bonchev–Trinajstić information content (AvgIpc) is 2.37. The van der Waals surface area contributed by atoms with Crippen LogP contribution in [0.25, 0.3) is 0 Å². The summed E-state index contributed by atoms with van der Waals surface area (Å²) in [5, 5.41) is 9.80. The molecule has 1 N–H and O–H groups in total. The third-order valence-electron chi connectivity index (χ3n) is 3.49. The van der Waals surface area contributed by atoms with Gasteiger partial charge in [0, 0.05) is 6.42 Å². The van der Waals surface area contributed by atoms with Gasteiger partial charge in [0.25, 0.3) is 0 Å². The van der Waals surface area contributed by atoms with E-state index in [-0.39, 0.29) is 6.10 Å². The minimum Gasteiger partial charge on any atom is -0.493 e. The van der Waals surface area contributed by atoms with Gasteiger partial charge in [-0.25, -0.2) is 0 Å². The second-order valence-electron chi connectivity index (χ2n) is 4.80. The lowest BCUT2D eigenvalue weighted by Gasteiger charge is -2.37. The van der Waals surface area contributed by atoms with Crippen molar-refractivity contribution in [2.45, 2.75) is 31.5 Å². The molecule has 1 heterocycles. The molecule has 1 aromatic carbocycles. The predicted molar refractivity (Wildman–Crippen MR) is 68.1 cm³/mol. The number of hydrogen-bond acceptors (Lipinski definition) is 4. The third-order valence-corrected chi connectivity index (χ3v) is 3.49. The van der Waals surface area contributed by atoms with E-state index in [1.54, 1.807) is 14.2 Å². The highest BCUT2D eigenvalue weighted by molar-refractivity contribution is 5.44. The molecule has 0 aliphatic carbocycles. The highest BCUT2D eigenvalue weighted by atomic mass is 16.5. The molecule has 100 valence electrons. The maximum absolute atomic E-state index is 9.80. The van der Waals surface area contributed by atoms with Crippen molar-refractivity contribution in [3.8, 4) is 11.5 Å². The van der Waals surface area contributed by atoms with Crippen LogP contribution in [0, 0.1) is 0 Å². The summed E-state index contributed by atoms with van der Waals surface area (Å²) in [6, 6.07) is 5.74. The number of methoxy groups -OCH3 is 2. The van der Waals surface area contributed by atoms with Gasteiger partial charge in [0.2, 0.25) is 0 Å². The lowest BCUT2D eigenvalue weighted by atomic mass is 9.87. The van der Waals surface area contributed by atoms with Crippen molar-refractivity contribution in [1.29, 1.82) is 0 Å². The van der Waals surface area contributed by atoms with E-state index in [2.05, 4.69) is 0 Å². The normalized spacial score (nSPS) is 27.9. The first kappa shape index (κ1) is 13.2. The maximum Gasteiger partial charge on any atom is 0.161 e. The average molecular weight is 252 g/mol. The molecule has 0 amide bonds. The molecule has 0 bridgehead atoms. The second-order valence-corrected chi connectivity index (χ2v) is 4.80. The Morgan fingerprint density at radius 1 is 1.28 bits per heavy atom. The molecule has 0 saturated carbocycles. The third kappa shape index (κ3) is 2.44. The minimum atomic E-state index is -0.461. The maximum atomic E-state index is 9.80. The molecule has 2 unspecified atom stereocenters. The van der Waals surface area contributed by atoms with Crippen molar-refractivity contribution in [1.82, 2.24) is 0 Å². The molecule has 0 spiro atoms. The molecule has 1 aromatic rings. The van der Waals surface area contributed by atoms with E-state index in [9.17, 15) is 5.11 Å². The fourth-order valence-electron chi connectivity index (χ4n) is 2.40. The zero-order chi connectivity index (χ0) is 13.2. The van der Waals surface area contributed by atoms with Crippen LogP contribution in [0.1, 0.15) is 25.3 Å². The molecule has 2 atom stereocenters. The predicted octanol–water partition coefficient (Wildman–Crippen LogP) is 2.09. The summed E-state index contributed by atoms with van der Waals surface area (Å²) < 4.78 is 16.4. The fourth-order valence-corrected chi connectivity index (χ4v) is 2.40. The highest BCUT2D eigenvalue weighted by Gasteiger charge is 2.34. The smallest absolute Gasteiger partial charge is 0.161 e. The Bertz CT molecular complexity index is 418. The number of benzene rings is 1. The monoisotopic (exact) mass is 252 g/mol. The standard InChI is InChI=1S/C14H20O4/c1-14(9-11(15)6-7-18-14)10-4-5-12(16-2)13(8-10)17-3/h4-5,8,11,15H,6-7,9H2,1-3H3. The number of aliphatic hydroxyl groups is 1. The molecule has 4 heteroatoms. The molecular weight excluding hydrogens is 232 g/mol. The van der Waals surface area contributed by atoms with Crippen molar-refractivity contribution in [2.24, 2.45) is 0 Å². The van der Waals surface area contributed by atoms with Crippen LogP contribution in [0.2, 0.25) is 0 Å². The Morgan fingerprint density at radius 2 is 2.00 bits per heavy atom. The van der Waals surface area contributed by atoms with Gasteiger partial charge >= 0.3 is 0 Å². The van der Waals surface area contributed by atoms with Crippen molar-refractivity contribution < 1.29 is 19.3 Å². The van der Waals surface area contributed by atoms with Gasteiger partial charge in [0.1, 0.15) is 0 Å². The van der Waals surface area contributed by atoms with Gasteiger partial charge < -0.3 is 19.3 Å². The van der Waals surface area contributed by atoms with Crippen LogP contribution < -0.4 is 9.47 Å². The van der Waals surface area contributed by atoms with Crippen molar-refractivity contribution in [2.75, 3.05) is 20.8 Å². The summed E-state index contributed by atoms with van der Waals surface area (Å²) >= 11 is 0. The molecule has 0 radical (unpaired) electrons. The molecule has 1 saturated heterocycles. The summed E-state index contributed by atoms with van der Waals surface area (Å²) in [5.74, 6) is 1.38. The van der Waals surface area contributed by atoms with Gasteiger partial charge in [-0.1, -0.05) is 6.07 Å². The number of rotatable bonds is 3. The lowest BCUT2D eigenvalue weighted by Crippen LogP contribution is -2.37. The van der Waals surface area contributed by atoms with Crippen LogP contribution in [0.5, 0.6) is 11.5 Å². The summed E-state index contributed by atoms with van der Waals surface area (Å²) in [7, 11) is 3.22. The zero-order valence-electron chi connectivity index (χ0n) is 11.1. The first-order valence-corrected chi connectivity index (χ1v) is 6.13. The molecule has 1 aliphatic rings. The van der Waals surface area contributed by atoms with Gasteiger partial charge in [0.05, 0.1) is 32.5 Å². The van der Waals surface area contributed by atoms with Crippen LogP contribution in [-0.4, -0.2) is 32.0 Å². The molecule has 0 aromatic heterocycles. The fraction of sp³-hybridized carbons (Fsp3) is 0.571. The van der Waals surface area contributed by atoms with E-state index in [0.717, 1.165) is 5.56 Å². The molecular formula is C14H20O4. The molecule has 1 fully saturated rings. The molecule has 18 heavy (non-hydrogen) atoms. The SMILES string of the molecule is COc1ccc(C2(C)CC(O)CCO2)cc1OC. The summed E-state index contributed by atoms with van der Waals surface area (Å²) in [6.45, 7) is 2.57. The lowest BCUT2D eigenvalue weighted by molar-refractivity contribution is -0.112. The van der Waals surface area contributed by atoms with E-state index in [1.165, 1.54) is 0 Å². The Kier molecular flexibility index (Phi) is 3.78. The van der Waals surface area contributed by atoms with Crippen molar-refractivity contribution in [3.05, 3.63) is 23.8 Å². The van der Waals surface area contributed by atoms with Crippen LogP contribution in [0.4, 0.5) is 0 Å². The minimum absolute atomic E-state index is 0.308. The largest absolute Gasteiger partial charge is 0.493 e. The first-order valence-electron chi connectivity index (χ1n) is 6.13. The zero-order valence-corrected chi connectivity index (χ0v) is 11.1. The molecule has 1 aliphatic heterocycles. The van der Waals surface area contributed by atoms with Crippen LogP contribution in [0.15, 0.2) is 18.2 Å². The van der Waals surface area contributed by atoms with E-state index >= 15 is 0 Å². The number of hydrogen-bond donors (Lipinski definition) is 1. The molecule has 2 rings (SSSR count). The van der Waals surface area contributed by atoms with Crippen molar-refractivity contribution in [3.63, 3.8) is 0 Å². The van der Waals surface area contributed by atoms with E-state index in [4.69, 9.17) is 14.2 Å². The number of ether oxygens (including phenoxy) is 3. The number of aliphatic hydroxyl groups excluding tert-OH is 1. The first-order chi connectivity index (χ1) is 8.59. The van der Waals surface area contributed by atoms with Crippen LogP contribution in [0.3, 0.4) is 0 Å². The topological polar surface area (TPSA) is 47.9 Å². The summed E-state index contributed by atoms with van der Waals surface area (Å²) in [4.78, 5) is 0. The Labute approximate surface area is 107 Å². The Hall–Kier alpha value is -1.26. The Balaban J connectivity index is 2.32. The van der Waals surface area contributed by atoms with Crippen LogP contribution >= 0.6 is 0 Å². The Morgan fingerprint density at radius 3 is 2.61 bits per heavy atom. The second kappa shape index (κ2) is 5.16. The summed E-state index contributed by atoms with van der Waals surface area (Å²) in [5.41, 5.74) is 0.538. The van der Waals surface area contributed by atoms with Crippen molar-refractivity contribution >= 4 is 0 Å². The molecule has 4 nitrogen and oxygen atoms in total. The van der Waals surface area contributed by atoms with Crippen LogP contribution in [-0.2, 0) is 10.3 Å². The summed E-state index contributed by atoms with van der Waals surface area (Å²) in [6.07, 6.45) is 0.989. The van der Waals surface area contributed by atoms with Gasteiger partial charge in [-0.3, -0.25) is 0 Å². The van der Waals surface area contributed by atoms with Gasteiger partial charge in [-0.15, -0.1) is 0 Å². The highest BCUT2D eigenvalue weighted by Crippen LogP contribution is 2.38. The van der Waals surface area contributed by atoms with Gasteiger partial charge in [-0.05, 0) is 31.0 Å². The van der Waals surface area contributed by atoms with Gasteiger partial charge in [0.15, 0.2) is 11.5 Å². The quantitative estimate of drug-likeness (QED) is 0.895. The van der Waals surface area contributed by atoms with E-state index < -0.39 is 5.60 Å². The van der Waals surface area contributed by atoms with Gasteiger partial charge in [-0.2, -0.15) is 0 Å². The van der Waals surface area contributed by atoms with E-state index in [1.807, 2.05) is 25.1 Å².